The number of rotatable bonds is 1. The second-order valence-electron chi connectivity index (χ2n) is 4.40. The average Bonchev–Trinajstić information content (AvgIpc) is 2.41. The first-order chi connectivity index (χ1) is 8.36. The molecule has 0 bridgehead atoms. The first-order valence-corrected chi connectivity index (χ1v) is 5.99. The molecule has 1 aromatic carbocycles. The fraction of sp³-hybridized carbons (Fsp3) is 0.286. The fourth-order valence-corrected chi connectivity index (χ4v) is 2.42. The quantitative estimate of drug-likeness (QED) is 0.701. The van der Waals surface area contributed by atoms with Gasteiger partial charge in [-0.3, -0.25) is 4.79 Å². The third-order valence-electron chi connectivity index (χ3n) is 3.30. The molecule has 3 heteroatoms. The van der Waals surface area contributed by atoms with E-state index < -0.39 is 0 Å². The van der Waals surface area contributed by atoms with Crippen molar-refractivity contribution in [2.24, 2.45) is 0 Å². The third-order valence-corrected chi connectivity index (χ3v) is 3.30. The van der Waals surface area contributed by atoms with Crippen LogP contribution in [0.3, 0.4) is 0 Å². The second kappa shape index (κ2) is 4.17. The molecule has 1 aliphatic rings. The van der Waals surface area contributed by atoms with Crippen LogP contribution in [0.2, 0.25) is 0 Å². The number of hydrogen-bond acceptors (Lipinski definition) is 2. The highest BCUT2D eigenvalue weighted by Gasteiger charge is 2.12. The molecule has 0 amide bonds. The van der Waals surface area contributed by atoms with E-state index in [1.54, 1.807) is 6.33 Å². The molecule has 1 atom stereocenters. The molecule has 86 valence electrons. The van der Waals surface area contributed by atoms with Gasteiger partial charge in [-0.25, -0.2) is 0 Å². The van der Waals surface area contributed by atoms with Gasteiger partial charge in [0.05, 0.1) is 23.3 Å². The van der Waals surface area contributed by atoms with Crippen molar-refractivity contribution in [3.8, 4) is 0 Å². The molecular formula is C14H14N2O. The molecule has 0 saturated carbocycles. The number of hydrogen-bond donors (Lipinski definition) is 0. The van der Waals surface area contributed by atoms with E-state index in [2.05, 4.69) is 21.7 Å². The van der Waals surface area contributed by atoms with E-state index in [4.69, 9.17) is 0 Å². The molecule has 2 aromatic rings. The van der Waals surface area contributed by atoms with Crippen LogP contribution in [0.1, 0.15) is 25.3 Å². The van der Waals surface area contributed by atoms with Crippen LogP contribution in [0, 0.1) is 0 Å². The molecule has 1 heterocycles. The summed E-state index contributed by atoms with van der Waals surface area (Å²) in [5.74, 6) is 0. The highest BCUT2D eigenvalue weighted by molar-refractivity contribution is 5.77. The highest BCUT2D eigenvalue weighted by atomic mass is 16.1. The smallest absolute Gasteiger partial charge is 0.280 e. The van der Waals surface area contributed by atoms with E-state index >= 15 is 0 Å². The summed E-state index contributed by atoms with van der Waals surface area (Å²) in [7, 11) is 0. The van der Waals surface area contributed by atoms with Crippen molar-refractivity contribution in [3.05, 3.63) is 53.1 Å². The van der Waals surface area contributed by atoms with Gasteiger partial charge in [0.15, 0.2) is 0 Å². The summed E-state index contributed by atoms with van der Waals surface area (Å²) >= 11 is 0. The van der Waals surface area contributed by atoms with E-state index in [9.17, 15) is 4.79 Å². The summed E-state index contributed by atoms with van der Waals surface area (Å²) in [5, 5.41) is 0.703. The predicted molar refractivity (Wildman–Crippen MR) is 68.0 cm³/mol. The van der Waals surface area contributed by atoms with Crippen molar-refractivity contribution in [2.45, 2.75) is 25.3 Å². The molecular weight excluding hydrogens is 212 g/mol. The van der Waals surface area contributed by atoms with Gasteiger partial charge in [-0.05, 0) is 31.4 Å². The normalized spacial score (nSPS) is 19.6. The van der Waals surface area contributed by atoms with E-state index in [1.165, 1.54) is 6.42 Å². The Bertz CT molecular complexity index is 627. The van der Waals surface area contributed by atoms with Crippen LogP contribution in [-0.2, 0) is 0 Å². The van der Waals surface area contributed by atoms with Crippen molar-refractivity contribution < 1.29 is 0 Å². The molecule has 3 nitrogen and oxygen atoms in total. The van der Waals surface area contributed by atoms with Crippen molar-refractivity contribution in [2.75, 3.05) is 0 Å². The Balaban J connectivity index is 2.23. The van der Waals surface area contributed by atoms with Gasteiger partial charge in [0.2, 0.25) is 0 Å². The first-order valence-electron chi connectivity index (χ1n) is 5.99. The summed E-state index contributed by atoms with van der Waals surface area (Å²) in [4.78, 5) is 15.6. The lowest BCUT2D eigenvalue weighted by molar-refractivity contribution is 0.522. The summed E-state index contributed by atoms with van der Waals surface area (Å²) in [6.45, 7) is 0. The molecule has 0 saturated heterocycles. The van der Waals surface area contributed by atoms with Crippen LogP contribution in [0.25, 0.3) is 10.9 Å². The van der Waals surface area contributed by atoms with Crippen LogP contribution in [0.4, 0.5) is 0 Å². The molecule has 0 aliphatic heterocycles. The minimum absolute atomic E-state index is 0.142. The maximum absolute atomic E-state index is 11.7. The molecule has 17 heavy (non-hydrogen) atoms. The van der Waals surface area contributed by atoms with Crippen LogP contribution in [-0.4, -0.2) is 9.55 Å². The van der Waals surface area contributed by atoms with Gasteiger partial charge < -0.3 is 4.57 Å². The zero-order valence-corrected chi connectivity index (χ0v) is 9.54. The Morgan fingerprint density at radius 1 is 1.29 bits per heavy atom. The maximum atomic E-state index is 11.7. The van der Waals surface area contributed by atoms with Gasteiger partial charge in [0, 0.05) is 0 Å². The number of allylic oxidation sites excluding steroid dienone is 2. The Morgan fingerprint density at radius 3 is 3.00 bits per heavy atom. The standard InChI is InChI=1S/C14H14N2O/c17-14-12-8-4-5-9-13(12)16(10-15-14)11-6-2-1-3-7-11/h2,4-6,8-11H,1,3,7H2/t11-/m0/s1. The van der Waals surface area contributed by atoms with Crippen molar-refractivity contribution in [3.63, 3.8) is 0 Å². The maximum Gasteiger partial charge on any atom is 0.280 e. The van der Waals surface area contributed by atoms with E-state index in [-0.39, 0.29) is 5.56 Å². The highest BCUT2D eigenvalue weighted by Crippen LogP contribution is 2.24. The molecule has 0 radical (unpaired) electrons. The average molecular weight is 226 g/mol. The molecule has 1 aromatic heterocycles. The summed E-state index contributed by atoms with van der Waals surface area (Å²) in [6.07, 6.45) is 9.56. The Hall–Kier alpha value is -1.90. The van der Waals surface area contributed by atoms with Gasteiger partial charge >= 0.3 is 0 Å². The van der Waals surface area contributed by atoms with E-state index in [0.29, 0.717) is 11.4 Å². The van der Waals surface area contributed by atoms with Gasteiger partial charge in [-0.1, -0.05) is 24.3 Å². The summed E-state index contributed by atoms with van der Waals surface area (Å²) in [6, 6.07) is 8.01. The van der Waals surface area contributed by atoms with E-state index in [0.717, 1.165) is 18.4 Å². The lowest BCUT2D eigenvalue weighted by atomic mass is 10.0. The molecule has 0 spiro atoms. The summed E-state index contributed by atoms with van der Waals surface area (Å²) < 4.78 is 2.10. The monoisotopic (exact) mass is 226 g/mol. The van der Waals surface area contributed by atoms with Gasteiger partial charge in [0.1, 0.15) is 0 Å². The van der Waals surface area contributed by atoms with Gasteiger partial charge in [0.25, 0.3) is 5.56 Å². The largest absolute Gasteiger partial charge is 0.325 e. The van der Waals surface area contributed by atoms with Crippen molar-refractivity contribution in [1.29, 1.82) is 0 Å². The zero-order valence-electron chi connectivity index (χ0n) is 9.54. The Morgan fingerprint density at radius 2 is 2.18 bits per heavy atom. The lowest BCUT2D eigenvalue weighted by Crippen LogP contribution is -2.16. The van der Waals surface area contributed by atoms with Crippen molar-refractivity contribution >= 4 is 10.9 Å². The molecule has 0 N–H and O–H groups in total. The van der Waals surface area contributed by atoms with Crippen LogP contribution >= 0.6 is 0 Å². The number of aromatic nitrogens is 2. The summed E-state index contributed by atoms with van der Waals surface area (Å²) in [5.41, 5.74) is 0.834. The topological polar surface area (TPSA) is 34.9 Å². The third kappa shape index (κ3) is 1.78. The number of nitrogens with zero attached hydrogens (tertiary/aromatic N) is 2. The SMILES string of the molecule is O=c1ncn([C@H]2C=CCCC2)c2ccccc12. The van der Waals surface area contributed by atoms with Crippen LogP contribution < -0.4 is 5.56 Å². The molecule has 0 fully saturated rings. The lowest BCUT2D eigenvalue weighted by Gasteiger charge is -2.21. The first kappa shape index (κ1) is 10.3. The minimum Gasteiger partial charge on any atom is -0.325 e. The number of benzene rings is 1. The Kier molecular flexibility index (Phi) is 2.52. The van der Waals surface area contributed by atoms with Crippen LogP contribution in [0.5, 0.6) is 0 Å². The van der Waals surface area contributed by atoms with Crippen molar-refractivity contribution in [1.82, 2.24) is 9.55 Å². The fourth-order valence-electron chi connectivity index (χ4n) is 2.42. The van der Waals surface area contributed by atoms with Crippen LogP contribution in [0.15, 0.2) is 47.5 Å². The minimum atomic E-state index is -0.142. The van der Waals surface area contributed by atoms with Gasteiger partial charge in [-0.2, -0.15) is 4.98 Å². The van der Waals surface area contributed by atoms with E-state index in [1.807, 2.05) is 24.3 Å². The molecule has 3 rings (SSSR count). The second-order valence-corrected chi connectivity index (χ2v) is 4.40. The zero-order chi connectivity index (χ0) is 11.7. The predicted octanol–water partition coefficient (Wildman–Crippen LogP) is 2.68. The molecule has 0 unspecified atom stereocenters. The number of para-hydroxylation sites is 1. The van der Waals surface area contributed by atoms with Gasteiger partial charge in [-0.15, -0.1) is 0 Å². The molecule has 1 aliphatic carbocycles. The number of fused-ring (bicyclic) bond motifs is 1. The Labute approximate surface area is 99.4 Å².